The second kappa shape index (κ2) is 10.8. The normalized spacial score (nSPS) is 15.1. The molecule has 0 bridgehead atoms. The first kappa shape index (κ1) is 23.4. The van der Waals surface area contributed by atoms with Gasteiger partial charge in [-0.15, -0.1) is 0 Å². The smallest absolute Gasteiger partial charge is 0.321 e. The van der Waals surface area contributed by atoms with Crippen molar-refractivity contribution >= 4 is 17.9 Å². The molecule has 2 aromatic rings. The highest BCUT2D eigenvalue weighted by Gasteiger charge is 2.22. The van der Waals surface area contributed by atoms with E-state index in [1.807, 2.05) is 0 Å². The molecule has 1 fully saturated rings. The van der Waals surface area contributed by atoms with Crippen LogP contribution in [0.5, 0.6) is 0 Å². The minimum absolute atomic E-state index is 0.0449. The molecule has 1 heterocycles. The Labute approximate surface area is 183 Å². The van der Waals surface area contributed by atoms with Gasteiger partial charge in [0.05, 0.1) is 18.2 Å². The molecule has 0 saturated heterocycles. The number of rotatable bonds is 7. The molecule has 2 N–H and O–H groups in total. The molecule has 1 aromatic carbocycles. The van der Waals surface area contributed by atoms with Crippen LogP contribution in [0.2, 0.25) is 0 Å². The van der Waals surface area contributed by atoms with Crippen LogP contribution in [0.1, 0.15) is 51.3 Å². The molecule has 172 valence electrons. The van der Waals surface area contributed by atoms with Crippen molar-refractivity contribution < 1.29 is 32.3 Å². The number of carbonyl (C=O) groups excluding carboxylic acids is 3. The number of benzene rings is 1. The van der Waals surface area contributed by atoms with E-state index in [2.05, 4.69) is 15.6 Å². The molecule has 1 unspecified atom stereocenters. The fourth-order valence-corrected chi connectivity index (χ4v) is 3.44. The molecule has 1 aliphatic rings. The van der Waals surface area contributed by atoms with Gasteiger partial charge in [0.25, 0.3) is 5.91 Å². The number of nitrogens with one attached hydrogen (secondary N) is 2. The minimum Gasteiger partial charge on any atom is -0.453 e. The van der Waals surface area contributed by atoms with Crippen LogP contribution in [0.25, 0.3) is 11.3 Å². The van der Waals surface area contributed by atoms with Crippen LogP contribution >= 0.6 is 0 Å². The third kappa shape index (κ3) is 6.60. The zero-order valence-corrected chi connectivity index (χ0v) is 17.7. The number of urea groups is 1. The Morgan fingerprint density at radius 2 is 1.97 bits per heavy atom. The number of imide groups is 1. The summed E-state index contributed by atoms with van der Waals surface area (Å²) in [6.45, 7) is 1.36. The molecule has 10 heteroatoms. The Morgan fingerprint density at radius 3 is 2.69 bits per heavy atom. The summed E-state index contributed by atoms with van der Waals surface area (Å²) >= 11 is 0. The molecule has 1 atom stereocenters. The van der Waals surface area contributed by atoms with Gasteiger partial charge >= 0.3 is 12.0 Å². The maximum absolute atomic E-state index is 13.8. The summed E-state index contributed by atoms with van der Waals surface area (Å²) in [6, 6.07) is 2.50. The molecule has 3 amide bonds. The third-order valence-corrected chi connectivity index (χ3v) is 5.15. The highest BCUT2D eigenvalue weighted by Crippen LogP contribution is 2.24. The Kier molecular flexibility index (Phi) is 7.91. The van der Waals surface area contributed by atoms with E-state index in [0.29, 0.717) is 0 Å². The molecule has 1 aliphatic carbocycles. The van der Waals surface area contributed by atoms with E-state index in [-0.39, 0.29) is 36.1 Å². The number of nitrogens with zero attached hydrogens (tertiary/aromatic N) is 1. The van der Waals surface area contributed by atoms with Crippen molar-refractivity contribution in [3.63, 3.8) is 0 Å². The van der Waals surface area contributed by atoms with Crippen LogP contribution in [-0.2, 0) is 20.7 Å². The number of ether oxygens (including phenoxy) is 1. The first-order chi connectivity index (χ1) is 15.3. The summed E-state index contributed by atoms with van der Waals surface area (Å²) in [5, 5.41) is 4.93. The van der Waals surface area contributed by atoms with Gasteiger partial charge in [0, 0.05) is 18.5 Å². The molecule has 0 aliphatic heterocycles. The topological polar surface area (TPSA) is 111 Å². The SMILES string of the molecule is CC(OC(=O)CCc1ncc(-c2ccc(F)cc2F)o1)C(=O)NC(=O)NC1CCCCC1. The van der Waals surface area contributed by atoms with Crippen LogP contribution in [0.4, 0.5) is 13.6 Å². The summed E-state index contributed by atoms with van der Waals surface area (Å²) in [7, 11) is 0. The Bertz CT molecular complexity index is 972. The van der Waals surface area contributed by atoms with Gasteiger partial charge in [-0.25, -0.2) is 18.6 Å². The summed E-state index contributed by atoms with van der Waals surface area (Å²) in [4.78, 5) is 40.0. The molecular weight excluding hydrogens is 424 g/mol. The lowest BCUT2D eigenvalue weighted by molar-refractivity contribution is -0.154. The highest BCUT2D eigenvalue weighted by molar-refractivity contribution is 5.97. The second-order valence-electron chi connectivity index (χ2n) is 7.67. The van der Waals surface area contributed by atoms with Gasteiger partial charge in [-0.05, 0) is 31.9 Å². The lowest BCUT2D eigenvalue weighted by atomic mass is 9.96. The van der Waals surface area contributed by atoms with Gasteiger partial charge in [0.2, 0.25) is 0 Å². The number of oxazole rings is 1. The predicted octanol–water partition coefficient (Wildman–Crippen LogP) is 3.64. The molecular formula is C22H25F2N3O5. The largest absolute Gasteiger partial charge is 0.453 e. The van der Waals surface area contributed by atoms with Gasteiger partial charge in [0.15, 0.2) is 17.8 Å². The first-order valence-corrected chi connectivity index (χ1v) is 10.5. The van der Waals surface area contributed by atoms with Gasteiger partial charge in [-0.2, -0.15) is 0 Å². The molecule has 8 nitrogen and oxygen atoms in total. The fourth-order valence-electron chi connectivity index (χ4n) is 3.44. The third-order valence-electron chi connectivity index (χ3n) is 5.15. The van der Waals surface area contributed by atoms with Crippen LogP contribution in [0.15, 0.2) is 28.8 Å². The Balaban J connectivity index is 1.42. The summed E-state index contributed by atoms with van der Waals surface area (Å²) in [5.74, 6) is -2.66. The van der Waals surface area contributed by atoms with Gasteiger partial charge < -0.3 is 14.5 Å². The van der Waals surface area contributed by atoms with E-state index in [9.17, 15) is 23.2 Å². The van der Waals surface area contributed by atoms with Gasteiger partial charge in [-0.3, -0.25) is 14.9 Å². The number of carbonyl (C=O) groups is 3. The number of hydrogen-bond donors (Lipinski definition) is 2. The lowest BCUT2D eigenvalue weighted by Crippen LogP contribution is -2.48. The van der Waals surface area contributed by atoms with E-state index in [1.165, 1.54) is 19.2 Å². The van der Waals surface area contributed by atoms with Crippen molar-refractivity contribution in [2.45, 2.75) is 64.0 Å². The average Bonchev–Trinajstić information content (AvgIpc) is 3.21. The average molecular weight is 449 g/mol. The predicted molar refractivity (Wildman–Crippen MR) is 109 cm³/mol. The molecule has 0 radical (unpaired) electrons. The number of aromatic nitrogens is 1. The maximum atomic E-state index is 13.8. The fraction of sp³-hybridized carbons (Fsp3) is 0.455. The standard InChI is InChI=1S/C22H25F2N3O5/c1-13(21(29)27-22(30)26-15-5-3-2-4-6-15)31-20(28)10-9-19-25-12-18(32-19)16-8-7-14(23)11-17(16)24/h7-8,11-13,15H,2-6,9-10H2,1H3,(H2,26,27,29,30). The summed E-state index contributed by atoms with van der Waals surface area (Å²) in [6.07, 6.45) is 5.01. The van der Waals surface area contributed by atoms with E-state index in [4.69, 9.17) is 9.15 Å². The van der Waals surface area contributed by atoms with E-state index < -0.39 is 35.6 Å². The lowest BCUT2D eigenvalue weighted by Gasteiger charge is -2.23. The molecule has 1 aromatic heterocycles. The molecule has 32 heavy (non-hydrogen) atoms. The Hall–Kier alpha value is -3.30. The summed E-state index contributed by atoms with van der Waals surface area (Å²) in [5.41, 5.74) is 0.0459. The first-order valence-electron chi connectivity index (χ1n) is 10.5. The Morgan fingerprint density at radius 1 is 1.22 bits per heavy atom. The van der Waals surface area contributed by atoms with Crippen molar-refractivity contribution in [2.24, 2.45) is 0 Å². The quantitative estimate of drug-likeness (QED) is 0.625. The number of esters is 1. The van der Waals surface area contributed by atoms with Crippen molar-refractivity contribution in [3.8, 4) is 11.3 Å². The zero-order chi connectivity index (χ0) is 23.1. The van der Waals surface area contributed by atoms with E-state index >= 15 is 0 Å². The van der Waals surface area contributed by atoms with E-state index in [1.54, 1.807) is 0 Å². The second-order valence-corrected chi connectivity index (χ2v) is 7.67. The van der Waals surface area contributed by atoms with E-state index in [0.717, 1.165) is 44.2 Å². The number of amides is 3. The molecule has 1 saturated carbocycles. The zero-order valence-electron chi connectivity index (χ0n) is 17.7. The van der Waals surface area contributed by atoms with Crippen molar-refractivity contribution in [2.75, 3.05) is 0 Å². The summed E-state index contributed by atoms with van der Waals surface area (Å²) < 4.78 is 37.3. The number of aryl methyl sites for hydroxylation is 1. The van der Waals surface area contributed by atoms with Gasteiger partial charge in [0.1, 0.15) is 11.6 Å². The van der Waals surface area contributed by atoms with Crippen LogP contribution in [0, 0.1) is 11.6 Å². The number of hydrogen-bond acceptors (Lipinski definition) is 6. The van der Waals surface area contributed by atoms with Crippen molar-refractivity contribution in [1.82, 2.24) is 15.6 Å². The van der Waals surface area contributed by atoms with Crippen molar-refractivity contribution in [3.05, 3.63) is 41.9 Å². The molecule has 0 spiro atoms. The number of halogens is 2. The van der Waals surface area contributed by atoms with Crippen molar-refractivity contribution in [1.29, 1.82) is 0 Å². The van der Waals surface area contributed by atoms with Crippen LogP contribution in [0.3, 0.4) is 0 Å². The maximum Gasteiger partial charge on any atom is 0.321 e. The molecule has 3 rings (SSSR count). The van der Waals surface area contributed by atoms with Crippen LogP contribution in [-0.4, -0.2) is 35.0 Å². The minimum atomic E-state index is -1.16. The highest BCUT2D eigenvalue weighted by atomic mass is 19.1. The monoisotopic (exact) mass is 449 g/mol. The van der Waals surface area contributed by atoms with Crippen LogP contribution < -0.4 is 10.6 Å². The van der Waals surface area contributed by atoms with Gasteiger partial charge in [-0.1, -0.05) is 19.3 Å².